The Balaban J connectivity index is 1.46. The van der Waals surface area contributed by atoms with Gasteiger partial charge < -0.3 is 15.2 Å². The zero-order valence-corrected chi connectivity index (χ0v) is 17.3. The van der Waals surface area contributed by atoms with Crippen molar-refractivity contribution in [3.8, 4) is 0 Å². The minimum atomic E-state index is -0.113. The second-order valence-electron chi connectivity index (χ2n) is 10.6. The molecule has 2 saturated carbocycles. The Morgan fingerprint density at radius 2 is 1.96 bits per heavy atom. The van der Waals surface area contributed by atoms with Gasteiger partial charge in [-0.25, -0.2) is 0 Å². The van der Waals surface area contributed by atoms with E-state index in [2.05, 4.69) is 38.2 Å². The van der Waals surface area contributed by atoms with Gasteiger partial charge in [0.15, 0.2) is 0 Å². The summed E-state index contributed by atoms with van der Waals surface area (Å²) in [4.78, 5) is 0. The Labute approximate surface area is 164 Å². The lowest BCUT2D eigenvalue weighted by atomic mass is 9.45. The molecule has 3 heteroatoms. The van der Waals surface area contributed by atoms with Crippen LogP contribution in [0.4, 0.5) is 0 Å². The minimum Gasteiger partial charge on any atom is -0.393 e. The van der Waals surface area contributed by atoms with Crippen molar-refractivity contribution in [2.75, 3.05) is 19.7 Å². The third kappa shape index (κ3) is 2.64. The SMILES string of the molecule is C[C@@H]1C=C2CC(O)CC[C@]2(C)[C@H]2CC[C@]3(C)C(C4CNCCO4)=CC[C@H]3[C@H]12. The summed E-state index contributed by atoms with van der Waals surface area (Å²) in [5.41, 5.74) is 3.81. The standard InChI is InChI=1S/C24H37NO2/c1-15-12-16-13-17(26)6-8-23(16,2)20-7-9-24(3)18(4-5-19(24)22(15)20)21-14-25-10-11-27-21/h4,12,15,17,19-22,25-26H,5-11,13-14H2,1-3H3/t15-,17?,19+,20+,21?,22+,23+,24-/m1/s1. The molecule has 0 aromatic heterocycles. The molecule has 1 aliphatic heterocycles. The fourth-order valence-electron chi connectivity index (χ4n) is 7.87. The molecule has 4 aliphatic carbocycles. The van der Waals surface area contributed by atoms with Crippen LogP contribution in [-0.4, -0.2) is 37.0 Å². The number of nitrogens with one attached hydrogen (secondary N) is 1. The van der Waals surface area contributed by atoms with Crippen LogP contribution < -0.4 is 5.32 Å². The molecule has 0 spiro atoms. The first kappa shape index (κ1) is 18.4. The van der Waals surface area contributed by atoms with Gasteiger partial charge in [0.2, 0.25) is 0 Å². The second-order valence-corrected chi connectivity index (χ2v) is 10.6. The molecule has 0 aromatic carbocycles. The summed E-state index contributed by atoms with van der Waals surface area (Å²) in [6, 6.07) is 0. The maximum Gasteiger partial charge on any atom is 0.0915 e. The number of rotatable bonds is 1. The Bertz CT molecular complexity index is 663. The Hall–Kier alpha value is -0.640. The van der Waals surface area contributed by atoms with E-state index in [0.29, 0.717) is 16.7 Å². The van der Waals surface area contributed by atoms with Gasteiger partial charge in [-0.1, -0.05) is 38.5 Å². The molecule has 2 unspecified atom stereocenters. The first-order valence-corrected chi connectivity index (χ1v) is 11.4. The average molecular weight is 372 g/mol. The van der Waals surface area contributed by atoms with E-state index in [0.717, 1.165) is 50.3 Å². The molecule has 2 N–H and O–H groups in total. The molecule has 0 aromatic rings. The molecular weight excluding hydrogens is 334 g/mol. The van der Waals surface area contributed by atoms with Gasteiger partial charge >= 0.3 is 0 Å². The van der Waals surface area contributed by atoms with Crippen molar-refractivity contribution in [1.29, 1.82) is 0 Å². The molecule has 5 rings (SSSR count). The van der Waals surface area contributed by atoms with E-state index in [9.17, 15) is 5.11 Å². The number of hydrogen-bond donors (Lipinski definition) is 2. The number of aliphatic hydroxyl groups excluding tert-OH is 1. The van der Waals surface area contributed by atoms with Crippen LogP contribution >= 0.6 is 0 Å². The predicted octanol–water partition coefficient (Wildman–Crippen LogP) is 4.08. The van der Waals surface area contributed by atoms with Crippen LogP contribution in [0, 0.1) is 34.5 Å². The minimum absolute atomic E-state index is 0.113. The maximum absolute atomic E-state index is 10.2. The summed E-state index contributed by atoms with van der Waals surface area (Å²) in [6.45, 7) is 10.3. The average Bonchev–Trinajstić information content (AvgIpc) is 3.01. The number of morpholine rings is 1. The van der Waals surface area contributed by atoms with Crippen molar-refractivity contribution in [2.24, 2.45) is 34.5 Å². The molecule has 1 saturated heterocycles. The van der Waals surface area contributed by atoms with Crippen molar-refractivity contribution in [3.63, 3.8) is 0 Å². The van der Waals surface area contributed by atoms with Crippen LogP contribution in [-0.2, 0) is 4.74 Å². The van der Waals surface area contributed by atoms with Crippen LogP contribution in [0.25, 0.3) is 0 Å². The van der Waals surface area contributed by atoms with Gasteiger partial charge in [-0.2, -0.15) is 0 Å². The second kappa shape index (κ2) is 6.43. The predicted molar refractivity (Wildman–Crippen MR) is 108 cm³/mol. The van der Waals surface area contributed by atoms with Gasteiger partial charge in [0.05, 0.1) is 18.8 Å². The summed E-state index contributed by atoms with van der Waals surface area (Å²) in [6.07, 6.45) is 12.3. The lowest BCUT2D eigenvalue weighted by Gasteiger charge is -2.59. The fourth-order valence-corrected chi connectivity index (χ4v) is 7.87. The molecule has 0 radical (unpaired) electrons. The van der Waals surface area contributed by atoms with Gasteiger partial charge in [-0.15, -0.1) is 0 Å². The number of allylic oxidation sites excluding steroid dienone is 2. The van der Waals surface area contributed by atoms with Crippen molar-refractivity contribution in [1.82, 2.24) is 5.32 Å². The topological polar surface area (TPSA) is 41.5 Å². The quantitative estimate of drug-likeness (QED) is 0.683. The van der Waals surface area contributed by atoms with Crippen molar-refractivity contribution < 1.29 is 9.84 Å². The highest BCUT2D eigenvalue weighted by molar-refractivity contribution is 5.33. The maximum atomic E-state index is 10.2. The summed E-state index contributed by atoms with van der Waals surface area (Å²) >= 11 is 0. The van der Waals surface area contributed by atoms with Gasteiger partial charge in [0.1, 0.15) is 0 Å². The van der Waals surface area contributed by atoms with Gasteiger partial charge in [-0.3, -0.25) is 0 Å². The molecule has 0 bridgehead atoms. The molecule has 27 heavy (non-hydrogen) atoms. The van der Waals surface area contributed by atoms with E-state index < -0.39 is 0 Å². The van der Waals surface area contributed by atoms with Crippen LogP contribution in [0.15, 0.2) is 23.3 Å². The van der Waals surface area contributed by atoms with Crippen molar-refractivity contribution in [2.45, 2.75) is 71.5 Å². The monoisotopic (exact) mass is 371 g/mol. The zero-order valence-electron chi connectivity index (χ0n) is 17.3. The summed E-state index contributed by atoms with van der Waals surface area (Å²) in [7, 11) is 0. The van der Waals surface area contributed by atoms with E-state index in [1.54, 1.807) is 11.1 Å². The fraction of sp³-hybridized carbons (Fsp3) is 0.833. The summed E-state index contributed by atoms with van der Waals surface area (Å²) in [5, 5.41) is 13.8. The lowest BCUT2D eigenvalue weighted by molar-refractivity contribution is -0.0571. The molecule has 1 heterocycles. The molecule has 0 amide bonds. The summed E-state index contributed by atoms with van der Waals surface area (Å²) < 4.78 is 6.19. The van der Waals surface area contributed by atoms with Gasteiger partial charge in [0, 0.05) is 13.1 Å². The number of fused-ring (bicyclic) bond motifs is 5. The van der Waals surface area contributed by atoms with E-state index in [1.807, 2.05) is 0 Å². The smallest absolute Gasteiger partial charge is 0.0915 e. The largest absolute Gasteiger partial charge is 0.393 e. The molecule has 150 valence electrons. The zero-order chi connectivity index (χ0) is 18.8. The van der Waals surface area contributed by atoms with E-state index in [4.69, 9.17) is 4.74 Å². The van der Waals surface area contributed by atoms with Gasteiger partial charge in [-0.05, 0) is 78.6 Å². The Morgan fingerprint density at radius 3 is 2.74 bits per heavy atom. The van der Waals surface area contributed by atoms with Crippen LogP contribution in [0.3, 0.4) is 0 Å². The third-order valence-electron chi connectivity index (χ3n) is 9.32. The molecular formula is C24H37NO2. The number of ether oxygens (including phenoxy) is 1. The van der Waals surface area contributed by atoms with Crippen molar-refractivity contribution >= 4 is 0 Å². The normalized spacial score (nSPS) is 52.3. The van der Waals surface area contributed by atoms with E-state index >= 15 is 0 Å². The highest BCUT2D eigenvalue weighted by Crippen LogP contribution is 2.66. The third-order valence-corrected chi connectivity index (χ3v) is 9.32. The van der Waals surface area contributed by atoms with E-state index in [1.165, 1.54) is 25.7 Å². The summed E-state index contributed by atoms with van der Waals surface area (Å²) in [5.74, 6) is 2.95. The molecule has 5 aliphatic rings. The van der Waals surface area contributed by atoms with Crippen LogP contribution in [0.2, 0.25) is 0 Å². The first-order valence-electron chi connectivity index (χ1n) is 11.4. The number of hydrogen-bond acceptors (Lipinski definition) is 3. The van der Waals surface area contributed by atoms with E-state index in [-0.39, 0.29) is 12.2 Å². The first-order chi connectivity index (χ1) is 12.9. The van der Waals surface area contributed by atoms with Crippen LogP contribution in [0.1, 0.15) is 59.3 Å². The molecule has 3 nitrogen and oxygen atoms in total. The highest BCUT2D eigenvalue weighted by Gasteiger charge is 2.59. The van der Waals surface area contributed by atoms with Gasteiger partial charge in [0.25, 0.3) is 0 Å². The van der Waals surface area contributed by atoms with Crippen LogP contribution in [0.5, 0.6) is 0 Å². The number of aliphatic hydroxyl groups is 1. The molecule has 8 atom stereocenters. The molecule has 3 fully saturated rings. The van der Waals surface area contributed by atoms with Crippen molar-refractivity contribution in [3.05, 3.63) is 23.3 Å². The Kier molecular flexibility index (Phi) is 4.38. The Morgan fingerprint density at radius 1 is 1.15 bits per heavy atom. The highest BCUT2D eigenvalue weighted by atomic mass is 16.5. The lowest BCUT2D eigenvalue weighted by Crippen LogP contribution is -2.53.